The Labute approximate surface area is 112 Å². The molecule has 1 aromatic heterocycles. The van der Waals surface area contributed by atoms with Crippen molar-refractivity contribution in [1.29, 1.82) is 0 Å². The molecule has 19 heavy (non-hydrogen) atoms. The topological polar surface area (TPSA) is 75.0 Å². The lowest BCUT2D eigenvalue weighted by atomic mass is 10.1. The molecule has 1 heterocycles. The number of nitrogens with zero attached hydrogens (tertiary/aromatic N) is 2. The number of amides is 1. The summed E-state index contributed by atoms with van der Waals surface area (Å²) < 4.78 is 0. The number of H-pyrrole nitrogens is 1. The summed E-state index contributed by atoms with van der Waals surface area (Å²) in [6, 6.07) is 5.62. The van der Waals surface area contributed by atoms with E-state index in [-0.39, 0.29) is 11.9 Å². The quantitative estimate of drug-likeness (QED) is 0.829. The zero-order valence-electron chi connectivity index (χ0n) is 11.6. The number of nitrogen functional groups attached to an aromatic ring is 1. The molecule has 0 unspecified atom stereocenters. The second kappa shape index (κ2) is 5.30. The van der Waals surface area contributed by atoms with Crippen molar-refractivity contribution in [3.05, 3.63) is 23.9 Å². The van der Waals surface area contributed by atoms with E-state index in [4.69, 9.17) is 5.73 Å². The maximum atomic E-state index is 12.6. The van der Waals surface area contributed by atoms with E-state index >= 15 is 0 Å². The van der Waals surface area contributed by atoms with Crippen molar-refractivity contribution in [3.8, 4) is 0 Å². The molecule has 1 aromatic carbocycles. The minimum Gasteiger partial charge on any atom is -0.399 e. The van der Waals surface area contributed by atoms with Crippen LogP contribution in [0.1, 0.15) is 37.7 Å². The molecule has 5 heteroatoms. The first-order valence-corrected chi connectivity index (χ1v) is 6.63. The molecular formula is C14H20N4O. The van der Waals surface area contributed by atoms with Crippen LogP contribution in [0.4, 0.5) is 5.69 Å². The molecule has 0 saturated heterocycles. The van der Waals surface area contributed by atoms with Crippen LogP contribution in [0.3, 0.4) is 0 Å². The van der Waals surface area contributed by atoms with E-state index in [9.17, 15) is 4.79 Å². The van der Waals surface area contributed by atoms with Gasteiger partial charge in [-0.2, -0.15) is 5.10 Å². The first-order chi connectivity index (χ1) is 9.08. The summed E-state index contributed by atoms with van der Waals surface area (Å²) in [7, 11) is 0. The molecule has 0 fully saturated rings. The van der Waals surface area contributed by atoms with Crippen LogP contribution < -0.4 is 5.73 Å². The zero-order valence-corrected chi connectivity index (χ0v) is 11.6. The van der Waals surface area contributed by atoms with Gasteiger partial charge in [-0.15, -0.1) is 0 Å². The fourth-order valence-corrected chi connectivity index (χ4v) is 2.21. The van der Waals surface area contributed by atoms with Crippen LogP contribution in [0.5, 0.6) is 0 Å². The molecule has 2 aromatic rings. The van der Waals surface area contributed by atoms with Gasteiger partial charge in [0.05, 0.1) is 5.52 Å². The normalized spacial score (nSPS) is 12.6. The molecule has 1 atom stereocenters. The smallest absolute Gasteiger partial charge is 0.275 e. The summed E-state index contributed by atoms with van der Waals surface area (Å²) in [6.07, 6.45) is 0.921. The number of fused-ring (bicyclic) bond motifs is 1. The summed E-state index contributed by atoms with van der Waals surface area (Å²) in [5.41, 5.74) is 7.69. The third kappa shape index (κ3) is 2.41. The minimum atomic E-state index is -0.0475. The van der Waals surface area contributed by atoms with Crippen molar-refractivity contribution in [2.24, 2.45) is 0 Å². The number of rotatable bonds is 4. The number of hydrogen-bond donors (Lipinski definition) is 2. The van der Waals surface area contributed by atoms with Crippen LogP contribution in [0.15, 0.2) is 18.2 Å². The van der Waals surface area contributed by atoms with Crippen molar-refractivity contribution in [1.82, 2.24) is 15.1 Å². The number of aromatic nitrogens is 2. The summed E-state index contributed by atoms with van der Waals surface area (Å²) in [4.78, 5) is 14.4. The number of nitrogens with one attached hydrogen (secondary N) is 1. The number of hydrogen-bond acceptors (Lipinski definition) is 3. The predicted octanol–water partition coefficient (Wildman–Crippen LogP) is 2.41. The summed E-state index contributed by atoms with van der Waals surface area (Å²) in [5.74, 6) is -0.0475. The molecule has 0 bridgehead atoms. The van der Waals surface area contributed by atoms with E-state index in [1.54, 1.807) is 12.1 Å². The molecule has 5 nitrogen and oxygen atoms in total. The van der Waals surface area contributed by atoms with Gasteiger partial charge in [0.1, 0.15) is 0 Å². The highest BCUT2D eigenvalue weighted by molar-refractivity contribution is 6.05. The molecule has 0 saturated carbocycles. The number of anilines is 1. The van der Waals surface area contributed by atoms with E-state index in [2.05, 4.69) is 17.1 Å². The molecule has 102 valence electrons. The van der Waals surface area contributed by atoms with Gasteiger partial charge < -0.3 is 10.6 Å². The highest BCUT2D eigenvalue weighted by Crippen LogP contribution is 2.21. The summed E-state index contributed by atoms with van der Waals surface area (Å²) in [5, 5.41) is 7.81. The van der Waals surface area contributed by atoms with E-state index in [1.165, 1.54) is 0 Å². The van der Waals surface area contributed by atoms with Gasteiger partial charge in [0.25, 0.3) is 5.91 Å². The van der Waals surface area contributed by atoms with Gasteiger partial charge >= 0.3 is 0 Å². The lowest BCUT2D eigenvalue weighted by Crippen LogP contribution is -2.38. The average Bonchev–Trinajstić information content (AvgIpc) is 2.81. The van der Waals surface area contributed by atoms with Crippen molar-refractivity contribution < 1.29 is 4.79 Å². The molecular weight excluding hydrogens is 240 g/mol. The third-order valence-corrected chi connectivity index (χ3v) is 3.51. The molecule has 1 amide bonds. The monoisotopic (exact) mass is 260 g/mol. The molecule has 2 rings (SSSR count). The number of carbonyl (C=O) groups excluding carboxylic acids is 1. The van der Waals surface area contributed by atoms with Crippen molar-refractivity contribution in [2.45, 2.75) is 33.2 Å². The van der Waals surface area contributed by atoms with Crippen LogP contribution in [-0.2, 0) is 0 Å². The SMILES string of the molecule is CC[C@H](C)N(CC)C(=O)c1n[nH]c2ccc(N)cc12. The summed E-state index contributed by atoms with van der Waals surface area (Å²) >= 11 is 0. The molecule has 0 aliphatic rings. The Hall–Kier alpha value is -2.04. The Morgan fingerprint density at radius 3 is 2.84 bits per heavy atom. The Bertz CT molecular complexity index is 590. The molecule has 3 N–H and O–H groups in total. The predicted molar refractivity (Wildman–Crippen MR) is 77.0 cm³/mol. The van der Waals surface area contributed by atoms with Gasteiger partial charge in [0.2, 0.25) is 0 Å². The first kappa shape index (κ1) is 13.4. The Balaban J connectivity index is 2.43. The van der Waals surface area contributed by atoms with Gasteiger partial charge in [-0.3, -0.25) is 9.89 Å². The molecule has 0 aliphatic carbocycles. The minimum absolute atomic E-state index is 0.0475. The Morgan fingerprint density at radius 2 is 2.21 bits per heavy atom. The van der Waals surface area contributed by atoms with Gasteiger partial charge in [-0.25, -0.2) is 0 Å². The zero-order chi connectivity index (χ0) is 14.0. The van der Waals surface area contributed by atoms with Crippen molar-refractivity contribution in [2.75, 3.05) is 12.3 Å². The maximum Gasteiger partial charge on any atom is 0.275 e. The third-order valence-electron chi connectivity index (χ3n) is 3.51. The second-order valence-electron chi connectivity index (χ2n) is 4.73. The maximum absolute atomic E-state index is 12.6. The number of benzene rings is 1. The van der Waals surface area contributed by atoms with Crippen LogP contribution in [-0.4, -0.2) is 33.6 Å². The standard InChI is InChI=1S/C14H20N4O/c1-4-9(3)18(5-2)14(19)13-11-8-10(15)6-7-12(11)16-17-13/h6-9H,4-5,15H2,1-3H3,(H,16,17)/t9-/m0/s1. The number of aromatic amines is 1. The number of carbonyl (C=O) groups is 1. The van der Waals surface area contributed by atoms with E-state index in [0.29, 0.717) is 17.9 Å². The van der Waals surface area contributed by atoms with Gasteiger partial charge in [0.15, 0.2) is 5.69 Å². The fraction of sp³-hybridized carbons (Fsp3) is 0.429. The first-order valence-electron chi connectivity index (χ1n) is 6.63. The highest BCUT2D eigenvalue weighted by Gasteiger charge is 2.23. The lowest BCUT2D eigenvalue weighted by Gasteiger charge is -2.26. The molecule has 0 radical (unpaired) electrons. The van der Waals surface area contributed by atoms with Crippen LogP contribution in [0.2, 0.25) is 0 Å². The Kier molecular flexibility index (Phi) is 3.74. The number of nitrogens with two attached hydrogens (primary N) is 1. The fourth-order valence-electron chi connectivity index (χ4n) is 2.21. The van der Waals surface area contributed by atoms with Crippen molar-refractivity contribution >= 4 is 22.5 Å². The van der Waals surface area contributed by atoms with Gasteiger partial charge in [-0.05, 0) is 38.5 Å². The largest absolute Gasteiger partial charge is 0.399 e. The highest BCUT2D eigenvalue weighted by atomic mass is 16.2. The molecule has 0 aliphatic heterocycles. The van der Waals surface area contributed by atoms with Gasteiger partial charge in [-0.1, -0.05) is 6.92 Å². The summed E-state index contributed by atoms with van der Waals surface area (Å²) in [6.45, 7) is 6.77. The lowest BCUT2D eigenvalue weighted by molar-refractivity contribution is 0.0696. The second-order valence-corrected chi connectivity index (χ2v) is 4.73. The van der Waals surface area contributed by atoms with Crippen LogP contribution in [0, 0.1) is 0 Å². The van der Waals surface area contributed by atoms with Crippen LogP contribution in [0.25, 0.3) is 10.9 Å². The van der Waals surface area contributed by atoms with Gasteiger partial charge in [0, 0.05) is 23.7 Å². The average molecular weight is 260 g/mol. The van der Waals surface area contributed by atoms with Crippen LogP contribution >= 0.6 is 0 Å². The molecule has 0 spiro atoms. The van der Waals surface area contributed by atoms with E-state index < -0.39 is 0 Å². The Morgan fingerprint density at radius 1 is 1.47 bits per heavy atom. The van der Waals surface area contributed by atoms with Crippen molar-refractivity contribution in [3.63, 3.8) is 0 Å². The van der Waals surface area contributed by atoms with E-state index in [0.717, 1.165) is 17.3 Å². The van der Waals surface area contributed by atoms with E-state index in [1.807, 2.05) is 24.8 Å².